The molecule has 0 radical (unpaired) electrons. The number of nitrogens with zero attached hydrogens (tertiary/aromatic N) is 1. The maximum absolute atomic E-state index is 12.9. The van der Waals surface area contributed by atoms with Gasteiger partial charge < -0.3 is 10.0 Å². The maximum Gasteiger partial charge on any atom is 0.307 e. The summed E-state index contributed by atoms with van der Waals surface area (Å²) in [5, 5.41) is 11.4. The van der Waals surface area contributed by atoms with Gasteiger partial charge in [0, 0.05) is 11.4 Å². The number of aliphatic carboxylic acids is 1. The van der Waals surface area contributed by atoms with Crippen molar-refractivity contribution in [1.82, 2.24) is 4.90 Å². The molecular formula is C16H21NO3S. The Morgan fingerprint density at radius 2 is 2.14 bits per heavy atom. The largest absolute Gasteiger partial charge is 0.481 e. The molecule has 1 saturated carbocycles. The lowest BCUT2D eigenvalue weighted by atomic mass is 9.91. The Labute approximate surface area is 128 Å². The standard InChI is InChI=1S/C16H21NO3S/c1-2-13-12-7-9-21-14(12)6-8-17(13)15(18)10-4-3-5-11(10)16(19)20/h7,9-11,13H,2-6,8H2,1H3,(H,19,20). The monoisotopic (exact) mass is 307 g/mol. The fourth-order valence-corrected chi connectivity index (χ4v) is 4.79. The molecule has 1 aliphatic carbocycles. The summed E-state index contributed by atoms with van der Waals surface area (Å²) in [6, 6.07) is 2.25. The molecule has 2 aliphatic rings. The van der Waals surface area contributed by atoms with E-state index < -0.39 is 11.9 Å². The van der Waals surface area contributed by atoms with Crippen molar-refractivity contribution in [1.29, 1.82) is 0 Å². The Morgan fingerprint density at radius 3 is 2.86 bits per heavy atom. The zero-order valence-electron chi connectivity index (χ0n) is 12.2. The van der Waals surface area contributed by atoms with Gasteiger partial charge in [-0.05, 0) is 42.7 Å². The Kier molecular flexibility index (Phi) is 4.02. The smallest absolute Gasteiger partial charge is 0.307 e. The first kappa shape index (κ1) is 14.6. The van der Waals surface area contributed by atoms with Crippen molar-refractivity contribution in [2.45, 2.75) is 45.1 Å². The van der Waals surface area contributed by atoms with E-state index in [9.17, 15) is 14.7 Å². The third-order valence-electron chi connectivity index (χ3n) is 4.91. The van der Waals surface area contributed by atoms with E-state index in [1.165, 1.54) is 10.4 Å². The SMILES string of the molecule is CCC1c2ccsc2CCN1C(=O)C1CCCC1C(=O)O. The van der Waals surface area contributed by atoms with Crippen LogP contribution in [-0.2, 0) is 16.0 Å². The minimum atomic E-state index is -0.813. The molecule has 0 bridgehead atoms. The van der Waals surface area contributed by atoms with Gasteiger partial charge >= 0.3 is 5.97 Å². The number of rotatable bonds is 3. The Bertz CT molecular complexity index is 553. The van der Waals surface area contributed by atoms with Gasteiger partial charge in [0.25, 0.3) is 0 Å². The van der Waals surface area contributed by atoms with Gasteiger partial charge in [-0.1, -0.05) is 13.3 Å². The average Bonchev–Trinajstić information content (AvgIpc) is 3.13. The van der Waals surface area contributed by atoms with E-state index in [4.69, 9.17) is 0 Å². The summed E-state index contributed by atoms with van der Waals surface area (Å²) in [5.41, 5.74) is 1.27. The number of thiophene rings is 1. The molecule has 1 amide bonds. The van der Waals surface area contributed by atoms with Crippen LogP contribution in [0.1, 0.15) is 49.1 Å². The van der Waals surface area contributed by atoms with Crippen molar-refractivity contribution in [2.24, 2.45) is 11.8 Å². The van der Waals surface area contributed by atoms with E-state index in [0.717, 1.165) is 32.2 Å². The van der Waals surface area contributed by atoms with Gasteiger partial charge in [0.1, 0.15) is 0 Å². The average molecular weight is 307 g/mol. The molecule has 21 heavy (non-hydrogen) atoms. The van der Waals surface area contributed by atoms with E-state index in [-0.39, 0.29) is 17.9 Å². The molecule has 1 fully saturated rings. The van der Waals surface area contributed by atoms with Gasteiger partial charge in [-0.2, -0.15) is 0 Å². The number of carboxylic acids is 1. The zero-order chi connectivity index (χ0) is 15.0. The number of hydrogen-bond donors (Lipinski definition) is 1. The molecule has 1 N–H and O–H groups in total. The topological polar surface area (TPSA) is 57.6 Å². The first-order valence-electron chi connectivity index (χ1n) is 7.73. The summed E-state index contributed by atoms with van der Waals surface area (Å²) < 4.78 is 0. The summed E-state index contributed by atoms with van der Waals surface area (Å²) in [7, 11) is 0. The molecule has 0 saturated heterocycles. The highest BCUT2D eigenvalue weighted by Crippen LogP contribution is 2.39. The Morgan fingerprint density at radius 1 is 1.38 bits per heavy atom. The van der Waals surface area contributed by atoms with Crippen LogP contribution in [0.4, 0.5) is 0 Å². The first-order valence-corrected chi connectivity index (χ1v) is 8.61. The number of hydrogen-bond acceptors (Lipinski definition) is 3. The minimum absolute atomic E-state index is 0.0589. The molecule has 3 atom stereocenters. The van der Waals surface area contributed by atoms with E-state index >= 15 is 0 Å². The van der Waals surface area contributed by atoms with Crippen molar-refractivity contribution < 1.29 is 14.7 Å². The Balaban J connectivity index is 1.83. The van der Waals surface area contributed by atoms with Gasteiger partial charge in [0.15, 0.2) is 0 Å². The summed E-state index contributed by atoms with van der Waals surface area (Å²) in [6.45, 7) is 2.83. The summed E-state index contributed by atoms with van der Waals surface area (Å²) in [4.78, 5) is 27.5. The summed E-state index contributed by atoms with van der Waals surface area (Å²) >= 11 is 1.76. The van der Waals surface area contributed by atoms with Crippen molar-refractivity contribution in [3.63, 3.8) is 0 Å². The van der Waals surface area contributed by atoms with E-state index in [1.54, 1.807) is 11.3 Å². The highest BCUT2D eigenvalue weighted by molar-refractivity contribution is 7.10. The van der Waals surface area contributed by atoms with E-state index in [0.29, 0.717) is 6.42 Å². The molecule has 114 valence electrons. The van der Waals surface area contributed by atoms with Crippen LogP contribution < -0.4 is 0 Å². The number of amides is 1. The van der Waals surface area contributed by atoms with Gasteiger partial charge in [0.2, 0.25) is 5.91 Å². The molecule has 4 nitrogen and oxygen atoms in total. The van der Waals surface area contributed by atoms with E-state index in [1.807, 2.05) is 4.90 Å². The highest BCUT2D eigenvalue weighted by atomic mass is 32.1. The van der Waals surface area contributed by atoms with Crippen LogP contribution in [0.15, 0.2) is 11.4 Å². The fraction of sp³-hybridized carbons (Fsp3) is 0.625. The number of carboxylic acid groups (broad SMARTS) is 1. The number of fused-ring (bicyclic) bond motifs is 1. The second-order valence-corrected chi connectivity index (χ2v) is 6.99. The Hall–Kier alpha value is -1.36. The lowest BCUT2D eigenvalue weighted by Gasteiger charge is -2.37. The minimum Gasteiger partial charge on any atom is -0.481 e. The van der Waals surface area contributed by atoms with E-state index in [2.05, 4.69) is 18.4 Å². The predicted molar refractivity (Wildman–Crippen MR) is 81.2 cm³/mol. The quantitative estimate of drug-likeness (QED) is 0.933. The van der Waals surface area contributed by atoms with Crippen LogP contribution in [0.3, 0.4) is 0 Å². The molecule has 3 unspecified atom stereocenters. The molecular weight excluding hydrogens is 286 g/mol. The van der Waals surface area contributed by atoms with Crippen LogP contribution in [0.5, 0.6) is 0 Å². The summed E-state index contributed by atoms with van der Waals surface area (Å²) in [5.74, 6) is -1.56. The maximum atomic E-state index is 12.9. The molecule has 0 spiro atoms. The van der Waals surface area contributed by atoms with Crippen molar-refractivity contribution in [3.05, 3.63) is 21.9 Å². The van der Waals surface area contributed by atoms with Crippen LogP contribution in [0.2, 0.25) is 0 Å². The van der Waals surface area contributed by atoms with Gasteiger partial charge in [-0.25, -0.2) is 0 Å². The molecule has 5 heteroatoms. The van der Waals surface area contributed by atoms with Crippen LogP contribution in [0.25, 0.3) is 0 Å². The van der Waals surface area contributed by atoms with Gasteiger partial charge in [-0.15, -0.1) is 11.3 Å². The number of carbonyl (C=O) groups is 2. The second kappa shape index (κ2) is 5.79. The van der Waals surface area contributed by atoms with Crippen LogP contribution in [0, 0.1) is 11.8 Å². The second-order valence-electron chi connectivity index (χ2n) is 5.99. The molecule has 3 rings (SSSR count). The molecule has 1 aromatic rings. The normalized spacial score (nSPS) is 28.4. The van der Waals surface area contributed by atoms with Crippen molar-refractivity contribution >= 4 is 23.2 Å². The van der Waals surface area contributed by atoms with Gasteiger partial charge in [0.05, 0.1) is 17.9 Å². The fourth-order valence-electron chi connectivity index (χ4n) is 3.86. The molecule has 0 aromatic carbocycles. The molecule has 1 aliphatic heterocycles. The van der Waals surface area contributed by atoms with Crippen LogP contribution >= 0.6 is 11.3 Å². The lowest BCUT2D eigenvalue weighted by Crippen LogP contribution is -2.44. The predicted octanol–water partition coefficient (Wildman–Crippen LogP) is 3.08. The molecule has 1 aromatic heterocycles. The molecule has 2 heterocycles. The lowest BCUT2D eigenvalue weighted by molar-refractivity contribution is -0.150. The van der Waals surface area contributed by atoms with Crippen molar-refractivity contribution in [2.75, 3.05) is 6.54 Å². The van der Waals surface area contributed by atoms with Crippen molar-refractivity contribution in [3.8, 4) is 0 Å². The zero-order valence-corrected chi connectivity index (χ0v) is 13.1. The third-order valence-corrected chi connectivity index (χ3v) is 5.91. The third kappa shape index (κ3) is 2.48. The highest BCUT2D eigenvalue weighted by Gasteiger charge is 2.42. The summed E-state index contributed by atoms with van der Waals surface area (Å²) in [6.07, 6.45) is 4.00. The first-order chi connectivity index (χ1) is 10.1. The number of carbonyl (C=O) groups excluding carboxylic acids is 1. The van der Waals surface area contributed by atoms with Gasteiger partial charge in [-0.3, -0.25) is 9.59 Å². The van der Waals surface area contributed by atoms with Crippen LogP contribution in [-0.4, -0.2) is 28.4 Å².